The number of carbonyl (C=O) groups excluding carboxylic acids is 3. The zero-order chi connectivity index (χ0) is 25.2. The number of ketones is 2. The monoisotopic (exact) mass is 465 g/mol. The molecule has 2 N–H and O–H groups in total. The summed E-state index contributed by atoms with van der Waals surface area (Å²) in [4.78, 5) is 42.0. The predicted molar refractivity (Wildman–Crippen MR) is 122 cm³/mol. The Morgan fingerprint density at radius 2 is 2.03 bits per heavy atom. The van der Waals surface area contributed by atoms with Gasteiger partial charge in [0.1, 0.15) is 17.6 Å². The number of benzene rings is 1. The molecule has 1 atom stereocenters. The Balaban J connectivity index is 1.86. The zero-order valence-electron chi connectivity index (χ0n) is 19.3. The Morgan fingerprint density at radius 1 is 1.35 bits per heavy atom. The number of hydrogen-bond acceptors (Lipinski definition) is 5. The van der Waals surface area contributed by atoms with Gasteiger partial charge in [-0.25, -0.2) is 9.24 Å². The molecular weight excluding hydrogens is 441 g/mol. The van der Waals surface area contributed by atoms with Crippen LogP contribution in [0.3, 0.4) is 0 Å². The average Bonchev–Trinajstić information content (AvgIpc) is 2.98. The minimum absolute atomic E-state index is 0.137. The maximum atomic E-state index is 13.6. The predicted octanol–water partition coefficient (Wildman–Crippen LogP) is 3.13. The molecule has 0 unspecified atom stereocenters. The highest BCUT2D eigenvalue weighted by Gasteiger charge is 2.41. The van der Waals surface area contributed by atoms with E-state index in [0.717, 1.165) is 6.07 Å². The van der Waals surface area contributed by atoms with Crippen LogP contribution in [-0.4, -0.2) is 46.5 Å². The lowest BCUT2D eigenvalue weighted by molar-refractivity contribution is -0.126. The number of aliphatic hydroxyl groups is 1. The molecule has 1 fully saturated rings. The van der Waals surface area contributed by atoms with Gasteiger partial charge in [-0.1, -0.05) is 11.8 Å². The van der Waals surface area contributed by atoms with Crippen LogP contribution in [0.4, 0.5) is 15.8 Å². The Bertz CT molecular complexity index is 1290. The van der Waals surface area contributed by atoms with E-state index in [-0.39, 0.29) is 42.3 Å². The third-order valence-corrected chi connectivity index (χ3v) is 5.75. The summed E-state index contributed by atoms with van der Waals surface area (Å²) in [6.45, 7) is 12.1. The molecule has 1 saturated heterocycles. The maximum absolute atomic E-state index is 13.6. The van der Waals surface area contributed by atoms with E-state index < -0.39 is 34.8 Å². The summed E-state index contributed by atoms with van der Waals surface area (Å²) in [6, 6.07) is 3.63. The molecular formula is C25H24FN3O5. The summed E-state index contributed by atoms with van der Waals surface area (Å²) in [5.41, 5.74) is 0.252. The van der Waals surface area contributed by atoms with Crippen molar-refractivity contribution in [3.05, 3.63) is 57.9 Å². The minimum Gasteiger partial charge on any atom is -0.381 e. The fourth-order valence-electron chi connectivity index (χ4n) is 3.85. The highest BCUT2D eigenvalue weighted by molar-refractivity contribution is 6.44. The fraction of sp³-hybridized carbons (Fsp3) is 0.360. The largest absolute Gasteiger partial charge is 0.381 e. The van der Waals surface area contributed by atoms with Crippen LogP contribution < -0.4 is 5.32 Å². The Labute approximate surface area is 196 Å². The molecule has 34 heavy (non-hydrogen) atoms. The van der Waals surface area contributed by atoms with Crippen molar-refractivity contribution in [2.45, 2.75) is 33.3 Å². The van der Waals surface area contributed by atoms with Gasteiger partial charge in [0.25, 0.3) is 5.91 Å². The lowest BCUT2D eigenvalue weighted by Gasteiger charge is -2.36. The summed E-state index contributed by atoms with van der Waals surface area (Å²) < 4.78 is 20.3. The van der Waals surface area contributed by atoms with Gasteiger partial charge in [-0.05, 0) is 44.5 Å². The topological polar surface area (TPSA) is 102 Å². The molecule has 0 bridgehead atoms. The second kappa shape index (κ2) is 9.60. The summed E-state index contributed by atoms with van der Waals surface area (Å²) in [5, 5.41) is 12.0. The van der Waals surface area contributed by atoms with E-state index in [4.69, 9.17) is 11.3 Å². The first-order chi connectivity index (χ1) is 16.0. The van der Waals surface area contributed by atoms with Crippen molar-refractivity contribution in [2.75, 3.05) is 18.5 Å². The number of nitrogens with zero attached hydrogens (tertiary/aromatic N) is 2. The van der Waals surface area contributed by atoms with E-state index in [2.05, 4.69) is 22.0 Å². The lowest BCUT2D eigenvalue weighted by Crippen LogP contribution is -2.44. The Hall–Kier alpha value is -3.79. The molecule has 176 valence electrons. The van der Waals surface area contributed by atoms with Crippen molar-refractivity contribution in [2.24, 2.45) is 12.5 Å². The third kappa shape index (κ3) is 4.76. The van der Waals surface area contributed by atoms with Gasteiger partial charge < -0.3 is 19.7 Å². The van der Waals surface area contributed by atoms with Gasteiger partial charge in [0.05, 0.1) is 30.8 Å². The number of nitrogens with one attached hydrogen (secondary N) is 1. The van der Waals surface area contributed by atoms with E-state index in [1.54, 1.807) is 20.9 Å². The number of anilines is 1. The number of halogens is 1. The molecule has 1 amide bonds. The smallest absolute Gasteiger partial charge is 0.272 e. The molecule has 1 aromatic heterocycles. The van der Waals surface area contributed by atoms with Crippen LogP contribution in [0.2, 0.25) is 0 Å². The summed E-state index contributed by atoms with van der Waals surface area (Å²) in [5.74, 6) is 2.83. The van der Waals surface area contributed by atoms with Gasteiger partial charge in [-0.2, -0.15) is 0 Å². The molecule has 0 radical (unpaired) electrons. The lowest BCUT2D eigenvalue weighted by atomic mass is 9.80. The van der Waals surface area contributed by atoms with Crippen molar-refractivity contribution in [3.8, 4) is 11.8 Å². The van der Waals surface area contributed by atoms with Crippen molar-refractivity contribution in [3.63, 3.8) is 0 Å². The number of hydrogen-bond donors (Lipinski definition) is 2. The van der Waals surface area contributed by atoms with Crippen LogP contribution in [-0.2, 0) is 16.6 Å². The van der Waals surface area contributed by atoms with E-state index in [0.29, 0.717) is 11.3 Å². The van der Waals surface area contributed by atoms with Crippen molar-refractivity contribution in [1.29, 1.82) is 0 Å². The highest BCUT2D eigenvalue weighted by atomic mass is 19.1. The number of carbonyl (C=O) groups is 3. The number of aliphatic hydroxyl groups excluding tert-OH is 1. The normalized spacial score (nSPS) is 14.7. The quantitative estimate of drug-likeness (QED) is 0.295. The second-order valence-electron chi connectivity index (χ2n) is 8.37. The van der Waals surface area contributed by atoms with Gasteiger partial charge in [0.2, 0.25) is 17.3 Å². The first-order valence-corrected chi connectivity index (χ1v) is 10.5. The number of amides is 1. The van der Waals surface area contributed by atoms with Crippen LogP contribution in [0.5, 0.6) is 0 Å². The van der Waals surface area contributed by atoms with Gasteiger partial charge in [0.15, 0.2) is 0 Å². The molecule has 0 spiro atoms. The third-order valence-electron chi connectivity index (χ3n) is 5.75. The van der Waals surface area contributed by atoms with E-state index in [1.165, 1.54) is 23.6 Å². The Morgan fingerprint density at radius 3 is 2.59 bits per heavy atom. The van der Waals surface area contributed by atoms with E-state index >= 15 is 0 Å². The first-order valence-electron chi connectivity index (χ1n) is 10.5. The zero-order valence-corrected chi connectivity index (χ0v) is 19.3. The molecule has 0 saturated carbocycles. The van der Waals surface area contributed by atoms with Gasteiger partial charge in [-0.3, -0.25) is 14.4 Å². The summed E-state index contributed by atoms with van der Waals surface area (Å²) in [7, 11) is 1.60. The number of aromatic nitrogens is 1. The van der Waals surface area contributed by atoms with Crippen molar-refractivity contribution in [1.82, 2.24) is 4.57 Å². The van der Waals surface area contributed by atoms with Gasteiger partial charge in [-0.15, -0.1) is 0 Å². The molecule has 3 rings (SSSR count). The number of rotatable bonds is 6. The molecule has 2 heterocycles. The fourth-order valence-corrected chi connectivity index (χ4v) is 3.85. The van der Waals surface area contributed by atoms with Crippen LogP contribution in [0.25, 0.3) is 4.85 Å². The average molecular weight is 465 g/mol. The molecule has 8 nitrogen and oxygen atoms in total. The maximum Gasteiger partial charge on any atom is 0.272 e. The second-order valence-corrected chi connectivity index (χ2v) is 8.37. The number of Topliss-reactive ketones (excluding diaryl/α,β-unsaturated/α-hetero) is 2. The number of ether oxygens (including phenoxy) is 1. The molecule has 1 aliphatic rings. The van der Waals surface area contributed by atoms with Crippen LogP contribution in [0, 0.1) is 43.5 Å². The van der Waals surface area contributed by atoms with Gasteiger partial charge >= 0.3 is 0 Å². The first kappa shape index (κ1) is 24.8. The van der Waals surface area contributed by atoms with Crippen molar-refractivity contribution < 1.29 is 28.6 Å². The molecule has 1 aliphatic heterocycles. The highest BCUT2D eigenvalue weighted by Crippen LogP contribution is 2.32. The standard InChI is InChI=1S/C25H24FN3O5/c1-14(30)8-9-25(12-34-13-25)11-20(31)23(32)21-15(2)22(29(5)16(21)3)24(33)28-17-6-7-18(26)19(10-17)27-4/h6-7,10,14,30H,11-13H2,1-3,5H3,(H,28,33)/t14-/m0/s1. The molecule has 9 heteroatoms. The van der Waals surface area contributed by atoms with Gasteiger partial charge in [0, 0.05) is 24.8 Å². The molecule has 2 aromatic rings. The molecule has 0 aliphatic carbocycles. The van der Waals surface area contributed by atoms with Crippen LogP contribution in [0.15, 0.2) is 18.2 Å². The summed E-state index contributed by atoms with van der Waals surface area (Å²) in [6.07, 6.45) is -1.02. The van der Waals surface area contributed by atoms with Crippen molar-refractivity contribution >= 4 is 28.8 Å². The minimum atomic E-state index is -0.866. The Kier molecular flexibility index (Phi) is 7.01. The SMILES string of the molecule is [C-]#[N+]c1cc(NC(=O)c2c(C)c(C(=O)C(=O)CC3(C#C[C@H](C)O)COC3)c(C)n2C)ccc1F. The van der Waals surface area contributed by atoms with E-state index in [1.807, 2.05) is 0 Å². The van der Waals surface area contributed by atoms with E-state index in [9.17, 15) is 23.9 Å². The molecule has 1 aromatic carbocycles. The summed E-state index contributed by atoms with van der Waals surface area (Å²) >= 11 is 0. The van der Waals surface area contributed by atoms with Crippen LogP contribution >= 0.6 is 0 Å². The van der Waals surface area contributed by atoms with Crippen LogP contribution in [0.1, 0.15) is 45.4 Å².